The second kappa shape index (κ2) is 5.63. The van der Waals surface area contributed by atoms with Crippen LogP contribution in [0.1, 0.15) is 16.5 Å². The first-order valence-electron chi connectivity index (χ1n) is 4.88. The summed E-state index contributed by atoms with van der Waals surface area (Å²) in [7, 11) is 0. The van der Waals surface area contributed by atoms with Gasteiger partial charge in [0, 0.05) is 4.47 Å². The van der Waals surface area contributed by atoms with Gasteiger partial charge in [0.25, 0.3) is 0 Å². The summed E-state index contributed by atoms with van der Waals surface area (Å²) in [5.41, 5.74) is 3.54. The Labute approximate surface area is 110 Å². The zero-order valence-electron chi connectivity index (χ0n) is 8.73. The van der Waals surface area contributed by atoms with E-state index in [4.69, 9.17) is 5.84 Å². The molecular formula is C10H10BrFN4S. The molecule has 0 radical (unpaired) electrons. The first kappa shape index (κ1) is 12.6. The maximum Gasteiger partial charge on any atom is 0.123 e. The lowest BCUT2D eigenvalue weighted by atomic mass is 10.1. The highest BCUT2D eigenvalue weighted by molar-refractivity contribution is 9.10. The molecule has 1 atom stereocenters. The second-order valence-corrected chi connectivity index (χ2v) is 5.15. The van der Waals surface area contributed by atoms with Crippen LogP contribution in [-0.2, 0) is 6.42 Å². The largest absolute Gasteiger partial charge is 0.271 e. The zero-order valence-corrected chi connectivity index (χ0v) is 11.1. The van der Waals surface area contributed by atoms with E-state index in [-0.39, 0.29) is 11.9 Å². The quantitative estimate of drug-likeness (QED) is 0.670. The van der Waals surface area contributed by atoms with Gasteiger partial charge in [-0.1, -0.05) is 20.4 Å². The number of hydrogen-bond acceptors (Lipinski definition) is 5. The number of hydrogen-bond donors (Lipinski definition) is 2. The molecule has 1 heterocycles. The van der Waals surface area contributed by atoms with Gasteiger partial charge < -0.3 is 0 Å². The number of nitrogens with two attached hydrogens (primary N) is 1. The third kappa shape index (κ3) is 3.06. The van der Waals surface area contributed by atoms with Gasteiger partial charge in [-0.2, -0.15) is 0 Å². The fraction of sp³-hybridized carbons (Fsp3) is 0.200. The first-order valence-corrected chi connectivity index (χ1v) is 6.44. The van der Waals surface area contributed by atoms with Gasteiger partial charge >= 0.3 is 0 Å². The predicted octanol–water partition coefficient (Wildman–Crippen LogP) is 2.19. The van der Waals surface area contributed by atoms with Crippen LogP contribution in [0.4, 0.5) is 4.39 Å². The molecule has 0 bridgehead atoms. The third-order valence-electron chi connectivity index (χ3n) is 2.35. The maximum atomic E-state index is 13.1. The van der Waals surface area contributed by atoms with Crippen LogP contribution in [0.5, 0.6) is 0 Å². The van der Waals surface area contributed by atoms with Gasteiger partial charge in [-0.05, 0) is 41.7 Å². The Morgan fingerprint density at radius 1 is 1.53 bits per heavy atom. The van der Waals surface area contributed by atoms with Gasteiger partial charge in [-0.15, -0.1) is 5.10 Å². The van der Waals surface area contributed by atoms with Gasteiger partial charge in [0.1, 0.15) is 5.82 Å². The number of benzene rings is 1. The molecule has 0 aliphatic heterocycles. The first-order chi connectivity index (χ1) is 8.20. The Balaban J connectivity index is 2.21. The summed E-state index contributed by atoms with van der Waals surface area (Å²) in [6.45, 7) is 0. The lowest BCUT2D eigenvalue weighted by Crippen LogP contribution is -2.29. The molecule has 90 valence electrons. The van der Waals surface area contributed by atoms with Crippen molar-refractivity contribution in [2.75, 3.05) is 0 Å². The number of rotatable bonds is 4. The summed E-state index contributed by atoms with van der Waals surface area (Å²) in [6.07, 6.45) is 2.22. The van der Waals surface area contributed by atoms with Crippen molar-refractivity contribution in [3.8, 4) is 0 Å². The average Bonchev–Trinajstić information content (AvgIpc) is 2.84. The molecule has 2 aromatic rings. The molecule has 0 amide bonds. The summed E-state index contributed by atoms with van der Waals surface area (Å²) in [4.78, 5) is 0.920. The van der Waals surface area contributed by atoms with Crippen LogP contribution >= 0.6 is 27.5 Å². The summed E-state index contributed by atoms with van der Waals surface area (Å²) in [5.74, 6) is 5.23. The molecule has 3 N–H and O–H groups in total. The van der Waals surface area contributed by atoms with Crippen LogP contribution in [0.2, 0.25) is 0 Å². The minimum absolute atomic E-state index is 0.118. The van der Waals surface area contributed by atoms with E-state index in [1.54, 1.807) is 12.3 Å². The van der Waals surface area contributed by atoms with E-state index >= 15 is 0 Å². The Morgan fingerprint density at radius 3 is 3.00 bits per heavy atom. The summed E-state index contributed by atoms with van der Waals surface area (Å²) in [5, 5.41) is 3.76. The lowest BCUT2D eigenvalue weighted by molar-refractivity contribution is 0.555. The van der Waals surface area contributed by atoms with E-state index in [1.165, 1.54) is 23.7 Å². The fourth-order valence-corrected chi connectivity index (χ4v) is 2.46. The normalized spacial score (nSPS) is 12.6. The molecule has 0 saturated carbocycles. The van der Waals surface area contributed by atoms with Crippen molar-refractivity contribution in [1.29, 1.82) is 0 Å². The molecule has 17 heavy (non-hydrogen) atoms. The topological polar surface area (TPSA) is 63.8 Å². The van der Waals surface area contributed by atoms with Crippen LogP contribution in [0.15, 0.2) is 28.9 Å². The number of hydrazine groups is 1. The van der Waals surface area contributed by atoms with Gasteiger partial charge in [0.05, 0.1) is 17.1 Å². The minimum Gasteiger partial charge on any atom is -0.271 e. The number of halogens is 2. The third-order valence-corrected chi connectivity index (χ3v) is 3.91. The molecule has 1 unspecified atom stereocenters. The predicted molar refractivity (Wildman–Crippen MR) is 67.8 cm³/mol. The maximum absolute atomic E-state index is 13.1. The monoisotopic (exact) mass is 316 g/mol. The molecule has 0 saturated heterocycles. The van der Waals surface area contributed by atoms with Crippen molar-refractivity contribution < 1.29 is 4.39 Å². The van der Waals surface area contributed by atoms with Gasteiger partial charge in [-0.3, -0.25) is 11.3 Å². The number of nitrogens with zero attached hydrogens (tertiary/aromatic N) is 2. The van der Waals surface area contributed by atoms with Gasteiger partial charge in [-0.25, -0.2) is 4.39 Å². The number of aromatic nitrogens is 2. The summed E-state index contributed by atoms with van der Waals surface area (Å²) >= 11 is 4.66. The zero-order chi connectivity index (χ0) is 12.3. The van der Waals surface area contributed by atoms with Crippen LogP contribution in [0.3, 0.4) is 0 Å². The fourth-order valence-electron chi connectivity index (χ4n) is 1.49. The highest BCUT2D eigenvalue weighted by Gasteiger charge is 2.15. The molecule has 4 nitrogen and oxygen atoms in total. The molecule has 0 aliphatic rings. The van der Waals surface area contributed by atoms with E-state index in [9.17, 15) is 4.39 Å². The molecule has 0 spiro atoms. The van der Waals surface area contributed by atoms with E-state index in [2.05, 4.69) is 30.9 Å². The summed E-state index contributed by atoms with van der Waals surface area (Å²) in [6, 6.07) is 4.46. The molecule has 1 aromatic carbocycles. The highest BCUT2D eigenvalue weighted by Crippen LogP contribution is 2.25. The average molecular weight is 317 g/mol. The van der Waals surface area contributed by atoms with Crippen LogP contribution in [0.25, 0.3) is 0 Å². The van der Waals surface area contributed by atoms with Crippen molar-refractivity contribution in [3.63, 3.8) is 0 Å². The molecule has 0 aliphatic carbocycles. The smallest absolute Gasteiger partial charge is 0.123 e. The molecule has 1 aromatic heterocycles. The van der Waals surface area contributed by atoms with E-state index < -0.39 is 0 Å². The van der Waals surface area contributed by atoms with Crippen molar-refractivity contribution >= 4 is 27.5 Å². The van der Waals surface area contributed by atoms with Crippen molar-refractivity contribution in [2.24, 2.45) is 5.84 Å². The van der Waals surface area contributed by atoms with Crippen LogP contribution in [0, 0.1) is 5.82 Å². The molecular weight excluding hydrogens is 307 g/mol. The highest BCUT2D eigenvalue weighted by atomic mass is 79.9. The second-order valence-electron chi connectivity index (χ2n) is 3.48. The number of nitrogens with one attached hydrogen (secondary N) is 1. The van der Waals surface area contributed by atoms with Crippen molar-refractivity contribution in [1.82, 2.24) is 15.0 Å². The SMILES string of the molecule is NNC(Cc1cc(F)ccc1Br)c1cnns1. The molecule has 7 heteroatoms. The van der Waals surface area contributed by atoms with Gasteiger partial charge in [0.2, 0.25) is 0 Å². The Kier molecular flexibility index (Phi) is 4.16. The molecule has 0 fully saturated rings. The van der Waals surface area contributed by atoms with E-state index in [0.29, 0.717) is 6.42 Å². The Morgan fingerprint density at radius 2 is 2.35 bits per heavy atom. The van der Waals surface area contributed by atoms with E-state index in [0.717, 1.165) is 14.9 Å². The van der Waals surface area contributed by atoms with Gasteiger partial charge in [0.15, 0.2) is 0 Å². The van der Waals surface area contributed by atoms with Crippen molar-refractivity contribution in [3.05, 3.63) is 45.1 Å². The molecule has 2 rings (SSSR count). The van der Waals surface area contributed by atoms with Crippen LogP contribution in [-0.4, -0.2) is 9.59 Å². The van der Waals surface area contributed by atoms with Crippen molar-refractivity contribution in [2.45, 2.75) is 12.5 Å². The van der Waals surface area contributed by atoms with E-state index in [1.807, 2.05) is 0 Å². The standard InChI is InChI=1S/C10H10BrFN4S/c11-8-2-1-7(12)3-6(8)4-9(15-13)10-5-14-16-17-10/h1-3,5,9,15H,4,13H2. The Bertz CT molecular complexity index is 491. The van der Waals surface area contributed by atoms with Crippen LogP contribution < -0.4 is 11.3 Å². The summed E-state index contributed by atoms with van der Waals surface area (Å²) < 4.78 is 17.8. The Hall–Kier alpha value is -0.890. The minimum atomic E-state index is -0.263. The lowest BCUT2D eigenvalue weighted by Gasteiger charge is -2.14.